The number of ether oxygens (including phenoxy) is 1. The summed E-state index contributed by atoms with van der Waals surface area (Å²) in [6.45, 7) is 3.77. The van der Waals surface area contributed by atoms with Crippen LogP contribution in [-0.4, -0.2) is 34.6 Å². The Morgan fingerprint density at radius 1 is 1.24 bits per heavy atom. The van der Waals surface area contributed by atoms with Crippen molar-refractivity contribution in [3.8, 4) is 5.75 Å². The Hall–Kier alpha value is -3.04. The van der Waals surface area contributed by atoms with Gasteiger partial charge in [0, 0.05) is 30.3 Å². The quantitative estimate of drug-likeness (QED) is 0.567. The van der Waals surface area contributed by atoms with Crippen molar-refractivity contribution in [2.24, 2.45) is 0 Å². The molecule has 0 unspecified atom stereocenters. The van der Waals surface area contributed by atoms with Crippen molar-refractivity contribution in [3.63, 3.8) is 0 Å². The van der Waals surface area contributed by atoms with Crippen molar-refractivity contribution < 1.29 is 18.7 Å². The minimum atomic E-state index is -0.623. The number of benzene rings is 2. The highest BCUT2D eigenvalue weighted by Crippen LogP contribution is 2.20. The second kappa shape index (κ2) is 9.44. The molecule has 2 amide bonds. The van der Waals surface area contributed by atoms with E-state index in [0.29, 0.717) is 23.2 Å². The van der Waals surface area contributed by atoms with Crippen LogP contribution < -0.4 is 15.4 Å². The Labute approximate surface area is 174 Å². The fourth-order valence-electron chi connectivity index (χ4n) is 2.34. The first-order valence-electron chi connectivity index (χ1n) is 8.48. The van der Waals surface area contributed by atoms with E-state index in [-0.39, 0.29) is 35.7 Å². The highest BCUT2D eigenvalue weighted by Gasteiger charge is 2.10. The highest BCUT2D eigenvalue weighted by molar-refractivity contribution is 7.12. The molecule has 1 heterocycles. The number of aromatic nitrogens is 2. The fourth-order valence-corrected chi connectivity index (χ4v) is 2.99. The minimum Gasteiger partial charge on any atom is -0.484 e. The molecule has 2 N–H and O–H groups in total. The first kappa shape index (κ1) is 20.7. The number of hydrogen-bond donors (Lipinski definition) is 2. The number of carbonyl (C=O) groups is 2. The topological polar surface area (TPSA) is 93.2 Å². The molecule has 150 valence electrons. The summed E-state index contributed by atoms with van der Waals surface area (Å²) in [5.41, 5.74) is 1.55. The van der Waals surface area contributed by atoms with Gasteiger partial charge in [0.1, 0.15) is 17.1 Å². The number of fused-ring (bicyclic) bond motifs is 1. The first-order chi connectivity index (χ1) is 13.9. The predicted octanol–water partition coefficient (Wildman–Crippen LogP) is 3.31. The van der Waals surface area contributed by atoms with Gasteiger partial charge >= 0.3 is 0 Å². The average molecular weight is 435 g/mol. The zero-order valence-electron chi connectivity index (χ0n) is 15.1. The Kier molecular flexibility index (Phi) is 6.73. The molecule has 0 aliphatic heterocycles. The van der Waals surface area contributed by atoms with E-state index < -0.39 is 5.82 Å². The number of carbonyl (C=O) groups excluding carboxylic acids is 2. The van der Waals surface area contributed by atoms with Crippen molar-refractivity contribution in [1.29, 1.82) is 0 Å². The molecule has 0 aliphatic carbocycles. The van der Waals surface area contributed by atoms with E-state index in [4.69, 9.17) is 16.3 Å². The molecule has 2 aromatic carbocycles. The van der Waals surface area contributed by atoms with Crippen LogP contribution in [-0.2, 0) is 4.79 Å². The number of amides is 2. The molecule has 7 nitrogen and oxygen atoms in total. The van der Waals surface area contributed by atoms with Crippen molar-refractivity contribution >= 4 is 45.2 Å². The molecule has 0 aliphatic rings. The SMILES string of the molecule is C=C(CCNC(=O)COc1ccc(Cl)c(F)c1)NC(=O)c1ccc2snnc2c1. The molecule has 10 heteroatoms. The highest BCUT2D eigenvalue weighted by atomic mass is 35.5. The summed E-state index contributed by atoms with van der Waals surface area (Å²) >= 11 is 6.84. The lowest BCUT2D eigenvalue weighted by Gasteiger charge is -2.10. The van der Waals surface area contributed by atoms with E-state index in [2.05, 4.69) is 26.8 Å². The number of halogens is 2. The van der Waals surface area contributed by atoms with E-state index in [9.17, 15) is 14.0 Å². The number of rotatable bonds is 8. The van der Waals surface area contributed by atoms with Crippen molar-refractivity contribution in [2.45, 2.75) is 6.42 Å². The van der Waals surface area contributed by atoms with E-state index >= 15 is 0 Å². The molecular weight excluding hydrogens is 419 g/mol. The number of hydrogen-bond acceptors (Lipinski definition) is 6. The van der Waals surface area contributed by atoms with Gasteiger partial charge in [-0.25, -0.2) is 4.39 Å². The maximum atomic E-state index is 13.3. The van der Waals surface area contributed by atoms with Gasteiger partial charge in [0.25, 0.3) is 11.8 Å². The summed E-state index contributed by atoms with van der Waals surface area (Å²) in [6.07, 6.45) is 0.341. The Morgan fingerprint density at radius 2 is 2.07 bits per heavy atom. The molecule has 29 heavy (non-hydrogen) atoms. The zero-order valence-corrected chi connectivity index (χ0v) is 16.6. The fraction of sp³-hybridized carbons (Fsp3) is 0.158. The van der Waals surface area contributed by atoms with Crippen LogP contribution in [0, 0.1) is 5.82 Å². The third-order valence-electron chi connectivity index (χ3n) is 3.81. The Balaban J connectivity index is 1.39. The first-order valence-corrected chi connectivity index (χ1v) is 9.63. The maximum absolute atomic E-state index is 13.3. The second-order valence-corrected chi connectivity index (χ2v) is 7.17. The molecule has 0 atom stereocenters. The standard InChI is InChI=1S/C19H16ClFN4O3S/c1-11(23-19(27)12-2-5-17-16(8-12)24-25-29-17)6-7-22-18(26)10-28-13-3-4-14(20)15(21)9-13/h2-5,8-9H,1,6-7,10H2,(H,22,26)(H,23,27). The van der Waals surface area contributed by atoms with Gasteiger partial charge in [-0.15, -0.1) is 5.10 Å². The molecular formula is C19H16ClFN4O3S. The van der Waals surface area contributed by atoms with Crippen molar-refractivity contribution in [2.75, 3.05) is 13.2 Å². The summed E-state index contributed by atoms with van der Waals surface area (Å²) in [4.78, 5) is 24.1. The number of nitrogens with one attached hydrogen (secondary N) is 2. The summed E-state index contributed by atoms with van der Waals surface area (Å²) in [6, 6.07) is 9.04. The minimum absolute atomic E-state index is 0.0227. The molecule has 1 aromatic heterocycles. The smallest absolute Gasteiger partial charge is 0.257 e. The molecule has 0 saturated heterocycles. The van der Waals surface area contributed by atoms with Crippen LogP contribution in [0.25, 0.3) is 10.2 Å². The lowest BCUT2D eigenvalue weighted by molar-refractivity contribution is -0.123. The van der Waals surface area contributed by atoms with Gasteiger partial charge in [0.05, 0.1) is 9.72 Å². The zero-order chi connectivity index (χ0) is 20.8. The molecule has 0 saturated carbocycles. The monoisotopic (exact) mass is 434 g/mol. The van der Waals surface area contributed by atoms with Crippen molar-refractivity contribution in [1.82, 2.24) is 20.2 Å². The van der Waals surface area contributed by atoms with E-state index in [1.54, 1.807) is 18.2 Å². The predicted molar refractivity (Wildman–Crippen MR) is 109 cm³/mol. The normalized spacial score (nSPS) is 10.6. The van der Waals surface area contributed by atoms with E-state index in [0.717, 1.165) is 10.8 Å². The van der Waals surface area contributed by atoms with E-state index in [1.807, 2.05) is 0 Å². The van der Waals surface area contributed by atoms with Gasteiger partial charge < -0.3 is 15.4 Å². The molecule has 0 radical (unpaired) electrons. The molecule has 3 aromatic rings. The van der Waals surface area contributed by atoms with E-state index in [1.165, 1.54) is 23.7 Å². The third-order valence-corrected chi connectivity index (χ3v) is 4.82. The lowest BCUT2D eigenvalue weighted by Crippen LogP contribution is -2.31. The summed E-state index contributed by atoms with van der Waals surface area (Å²) in [5, 5.41) is 9.23. The van der Waals surface area contributed by atoms with Gasteiger partial charge in [-0.3, -0.25) is 9.59 Å². The Bertz CT molecular complexity index is 1070. The van der Waals surface area contributed by atoms with Gasteiger partial charge in [0.2, 0.25) is 0 Å². The van der Waals surface area contributed by atoms with Crippen LogP contribution in [0.1, 0.15) is 16.8 Å². The van der Waals surface area contributed by atoms with Gasteiger partial charge in [-0.05, 0) is 41.9 Å². The van der Waals surface area contributed by atoms with Crippen LogP contribution in [0.5, 0.6) is 5.75 Å². The third kappa shape index (κ3) is 5.72. The molecule has 0 fully saturated rings. The van der Waals surface area contributed by atoms with Crippen LogP contribution >= 0.6 is 23.1 Å². The van der Waals surface area contributed by atoms with Crippen LogP contribution in [0.4, 0.5) is 4.39 Å². The average Bonchev–Trinajstić information content (AvgIpc) is 3.16. The van der Waals surface area contributed by atoms with Crippen LogP contribution in [0.15, 0.2) is 48.7 Å². The van der Waals surface area contributed by atoms with Crippen molar-refractivity contribution in [3.05, 3.63) is 65.1 Å². The van der Waals surface area contributed by atoms with Crippen LogP contribution in [0.2, 0.25) is 5.02 Å². The summed E-state index contributed by atoms with van der Waals surface area (Å²) in [7, 11) is 0. The van der Waals surface area contributed by atoms with Gasteiger partial charge in [0.15, 0.2) is 6.61 Å². The van der Waals surface area contributed by atoms with Gasteiger partial charge in [-0.1, -0.05) is 22.7 Å². The van der Waals surface area contributed by atoms with Gasteiger partial charge in [-0.2, -0.15) is 0 Å². The van der Waals surface area contributed by atoms with Crippen LogP contribution in [0.3, 0.4) is 0 Å². The number of nitrogens with zero attached hydrogens (tertiary/aromatic N) is 2. The Morgan fingerprint density at radius 3 is 2.86 bits per heavy atom. The lowest BCUT2D eigenvalue weighted by atomic mass is 10.2. The maximum Gasteiger partial charge on any atom is 0.257 e. The molecule has 0 spiro atoms. The largest absolute Gasteiger partial charge is 0.484 e. The summed E-state index contributed by atoms with van der Waals surface area (Å²) in [5.74, 6) is -1.13. The second-order valence-electron chi connectivity index (χ2n) is 5.98. The molecule has 0 bridgehead atoms. The molecule has 3 rings (SSSR count). The summed E-state index contributed by atoms with van der Waals surface area (Å²) < 4.78 is 23.2.